The molecule has 0 saturated carbocycles. The minimum absolute atomic E-state index is 0.0395. The molecule has 0 saturated heterocycles. The summed E-state index contributed by atoms with van der Waals surface area (Å²) in [5, 5.41) is 8.61. The maximum atomic E-state index is 12.1. The number of rotatable bonds is 4. The Bertz CT molecular complexity index is 454. The smallest absolute Gasteiger partial charge is 0.263 e. The van der Waals surface area contributed by atoms with Gasteiger partial charge in [-0.3, -0.25) is 4.79 Å². The Kier molecular flexibility index (Phi) is 5.90. The first kappa shape index (κ1) is 14.7. The predicted molar refractivity (Wildman–Crippen MR) is 74.7 cm³/mol. The van der Waals surface area contributed by atoms with Gasteiger partial charge in [0.15, 0.2) is 0 Å². The zero-order valence-electron chi connectivity index (χ0n) is 11.1. The lowest BCUT2D eigenvalue weighted by molar-refractivity contribution is 0.0794. The minimum Gasteiger partial charge on any atom is -0.384 e. The quantitative estimate of drug-likeness (QED) is 0.848. The third kappa shape index (κ3) is 4.52. The van der Waals surface area contributed by atoms with Gasteiger partial charge in [0.25, 0.3) is 5.91 Å². The van der Waals surface area contributed by atoms with E-state index >= 15 is 0 Å². The summed E-state index contributed by atoms with van der Waals surface area (Å²) in [6.07, 6.45) is 1.00. The van der Waals surface area contributed by atoms with E-state index in [1.807, 2.05) is 13.1 Å². The number of aliphatic hydroxyl groups excluding tert-OH is 1. The highest BCUT2D eigenvalue weighted by Crippen LogP contribution is 2.17. The summed E-state index contributed by atoms with van der Waals surface area (Å²) in [5.41, 5.74) is 0. The molecule has 0 aliphatic heterocycles. The van der Waals surface area contributed by atoms with Crippen LogP contribution in [0.1, 0.15) is 34.8 Å². The molecule has 1 rings (SSSR count). The fourth-order valence-electron chi connectivity index (χ4n) is 1.39. The summed E-state index contributed by atoms with van der Waals surface area (Å²) in [6, 6.07) is 3.61. The van der Waals surface area contributed by atoms with Gasteiger partial charge in [0.1, 0.15) is 6.61 Å². The van der Waals surface area contributed by atoms with E-state index in [1.54, 1.807) is 11.0 Å². The number of aliphatic hydroxyl groups is 1. The second kappa shape index (κ2) is 7.20. The number of hydrogen-bond donors (Lipinski definition) is 1. The van der Waals surface area contributed by atoms with Crippen molar-refractivity contribution in [1.29, 1.82) is 0 Å². The monoisotopic (exact) mass is 265 g/mol. The van der Waals surface area contributed by atoms with Crippen molar-refractivity contribution < 1.29 is 9.90 Å². The Morgan fingerprint density at radius 2 is 2.22 bits per heavy atom. The standard InChI is InChI=1S/C14H19NO2S/c1-11(2)8-9-15(3)14(17)13-7-6-12(18-13)5-4-10-16/h6-7,11,16H,8-10H2,1-3H3. The molecule has 0 aliphatic carbocycles. The largest absolute Gasteiger partial charge is 0.384 e. The molecule has 0 fully saturated rings. The first-order valence-corrected chi connectivity index (χ1v) is 6.81. The average molecular weight is 265 g/mol. The van der Waals surface area contributed by atoms with Gasteiger partial charge in [0, 0.05) is 13.6 Å². The van der Waals surface area contributed by atoms with Gasteiger partial charge in [0.2, 0.25) is 0 Å². The second-order valence-electron chi connectivity index (χ2n) is 4.53. The Labute approximate surface area is 112 Å². The molecular formula is C14H19NO2S. The Hall–Kier alpha value is -1.31. The van der Waals surface area contributed by atoms with Crippen molar-refractivity contribution in [2.75, 3.05) is 20.2 Å². The highest BCUT2D eigenvalue weighted by Gasteiger charge is 2.13. The first-order valence-electron chi connectivity index (χ1n) is 5.99. The molecule has 18 heavy (non-hydrogen) atoms. The van der Waals surface area contributed by atoms with E-state index < -0.39 is 0 Å². The molecule has 0 bridgehead atoms. The zero-order chi connectivity index (χ0) is 13.5. The molecule has 1 amide bonds. The molecule has 4 heteroatoms. The molecule has 0 spiro atoms. The number of hydrogen-bond acceptors (Lipinski definition) is 3. The van der Waals surface area contributed by atoms with Crippen LogP contribution in [0.4, 0.5) is 0 Å². The van der Waals surface area contributed by atoms with Gasteiger partial charge in [-0.05, 0) is 24.5 Å². The van der Waals surface area contributed by atoms with Gasteiger partial charge in [-0.25, -0.2) is 0 Å². The third-order valence-corrected chi connectivity index (χ3v) is 3.48. The van der Waals surface area contributed by atoms with Crippen molar-refractivity contribution in [1.82, 2.24) is 4.90 Å². The van der Waals surface area contributed by atoms with Gasteiger partial charge in [0.05, 0.1) is 9.75 Å². The SMILES string of the molecule is CC(C)CCN(C)C(=O)c1ccc(C#CCO)s1. The maximum absolute atomic E-state index is 12.1. The molecule has 0 unspecified atom stereocenters. The molecule has 0 aliphatic rings. The van der Waals surface area contributed by atoms with Crippen LogP contribution in [0.15, 0.2) is 12.1 Å². The van der Waals surface area contributed by atoms with Gasteiger partial charge in [-0.1, -0.05) is 25.7 Å². The van der Waals surface area contributed by atoms with Gasteiger partial charge in [-0.15, -0.1) is 11.3 Å². The fraction of sp³-hybridized carbons (Fsp3) is 0.500. The van der Waals surface area contributed by atoms with Crippen molar-refractivity contribution >= 4 is 17.2 Å². The minimum atomic E-state index is -0.157. The molecule has 0 radical (unpaired) electrons. The van der Waals surface area contributed by atoms with Crippen LogP contribution in [0.2, 0.25) is 0 Å². The predicted octanol–water partition coefficient (Wildman–Crippen LogP) is 2.21. The van der Waals surface area contributed by atoms with Gasteiger partial charge in [-0.2, -0.15) is 0 Å². The summed E-state index contributed by atoms with van der Waals surface area (Å²) in [5.74, 6) is 6.02. The van der Waals surface area contributed by atoms with Crippen LogP contribution in [0.25, 0.3) is 0 Å². The molecule has 1 heterocycles. The summed E-state index contributed by atoms with van der Waals surface area (Å²) >= 11 is 1.37. The van der Waals surface area contributed by atoms with Crippen molar-refractivity contribution in [3.8, 4) is 11.8 Å². The molecule has 0 aromatic carbocycles. The second-order valence-corrected chi connectivity index (χ2v) is 5.62. The summed E-state index contributed by atoms with van der Waals surface area (Å²) < 4.78 is 0. The number of nitrogens with zero attached hydrogens (tertiary/aromatic N) is 1. The third-order valence-electron chi connectivity index (χ3n) is 2.50. The van der Waals surface area contributed by atoms with E-state index in [0.29, 0.717) is 10.8 Å². The lowest BCUT2D eigenvalue weighted by atomic mass is 10.1. The van der Waals surface area contributed by atoms with Crippen LogP contribution in [0.3, 0.4) is 0 Å². The number of carbonyl (C=O) groups excluding carboxylic acids is 1. The van der Waals surface area contributed by atoms with Crippen LogP contribution < -0.4 is 0 Å². The van der Waals surface area contributed by atoms with Crippen molar-refractivity contribution in [2.45, 2.75) is 20.3 Å². The van der Waals surface area contributed by atoms with E-state index in [-0.39, 0.29) is 12.5 Å². The van der Waals surface area contributed by atoms with E-state index in [0.717, 1.165) is 17.8 Å². The Morgan fingerprint density at radius 3 is 2.83 bits per heavy atom. The molecule has 1 aromatic rings. The number of thiophene rings is 1. The maximum Gasteiger partial charge on any atom is 0.263 e. The van der Waals surface area contributed by atoms with Gasteiger partial charge >= 0.3 is 0 Å². The summed E-state index contributed by atoms with van der Waals surface area (Å²) in [7, 11) is 1.82. The van der Waals surface area contributed by atoms with Crippen molar-refractivity contribution in [3.63, 3.8) is 0 Å². The van der Waals surface area contributed by atoms with Crippen LogP contribution in [0, 0.1) is 17.8 Å². The summed E-state index contributed by atoms with van der Waals surface area (Å²) in [4.78, 5) is 15.3. The summed E-state index contributed by atoms with van der Waals surface area (Å²) in [6.45, 7) is 4.90. The van der Waals surface area contributed by atoms with Crippen LogP contribution in [0.5, 0.6) is 0 Å². The van der Waals surface area contributed by atoms with Crippen LogP contribution in [-0.4, -0.2) is 36.1 Å². The average Bonchev–Trinajstić information content (AvgIpc) is 2.81. The normalized spacial score (nSPS) is 10.1. The highest BCUT2D eigenvalue weighted by molar-refractivity contribution is 7.14. The van der Waals surface area contributed by atoms with Crippen molar-refractivity contribution in [2.24, 2.45) is 5.92 Å². The highest BCUT2D eigenvalue weighted by atomic mass is 32.1. The molecule has 1 aromatic heterocycles. The zero-order valence-corrected chi connectivity index (χ0v) is 11.9. The first-order chi connectivity index (χ1) is 8.54. The molecule has 0 atom stereocenters. The molecule has 98 valence electrons. The van der Waals surface area contributed by atoms with E-state index in [1.165, 1.54) is 11.3 Å². The molecular weight excluding hydrogens is 246 g/mol. The van der Waals surface area contributed by atoms with E-state index in [9.17, 15) is 4.79 Å². The lowest BCUT2D eigenvalue weighted by Crippen LogP contribution is -2.27. The Balaban J connectivity index is 2.63. The van der Waals surface area contributed by atoms with Crippen LogP contribution >= 0.6 is 11.3 Å². The van der Waals surface area contributed by atoms with E-state index in [2.05, 4.69) is 25.7 Å². The molecule has 1 N–H and O–H groups in total. The Morgan fingerprint density at radius 1 is 1.50 bits per heavy atom. The number of carbonyl (C=O) groups is 1. The topological polar surface area (TPSA) is 40.5 Å². The lowest BCUT2D eigenvalue weighted by Gasteiger charge is -2.17. The number of amides is 1. The molecule has 3 nitrogen and oxygen atoms in total. The fourth-order valence-corrected chi connectivity index (χ4v) is 2.26. The van der Waals surface area contributed by atoms with Gasteiger partial charge < -0.3 is 10.0 Å². The van der Waals surface area contributed by atoms with E-state index in [4.69, 9.17) is 5.11 Å². The van der Waals surface area contributed by atoms with Crippen molar-refractivity contribution in [3.05, 3.63) is 21.9 Å². The van der Waals surface area contributed by atoms with Crippen LogP contribution in [-0.2, 0) is 0 Å².